The molecule has 0 bridgehead atoms. The molecule has 0 fully saturated rings. The van der Waals surface area contributed by atoms with Crippen LogP contribution in [0.5, 0.6) is 0 Å². The van der Waals surface area contributed by atoms with Gasteiger partial charge in [0.2, 0.25) is 5.91 Å². The highest BCUT2D eigenvalue weighted by molar-refractivity contribution is 7.99. The lowest BCUT2D eigenvalue weighted by atomic mass is 10.1. The third kappa shape index (κ3) is 5.00. The van der Waals surface area contributed by atoms with Gasteiger partial charge in [-0.15, -0.1) is 10.2 Å². The summed E-state index contributed by atoms with van der Waals surface area (Å²) in [5, 5.41) is 12.4. The zero-order valence-electron chi connectivity index (χ0n) is 17.4. The molecule has 6 nitrogen and oxygen atoms in total. The molecule has 0 aliphatic rings. The molecule has 156 valence electrons. The molecule has 2 aromatic heterocycles. The first-order valence-electron chi connectivity index (χ1n) is 10.1. The lowest BCUT2D eigenvalue weighted by Crippen LogP contribution is -2.14. The Labute approximate surface area is 185 Å². The van der Waals surface area contributed by atoms with Gasteiger partial charge in [0.25, 0.3) is 0 Å². The van der Waals surface area contributed by atoms with E-state index < -0.39 is 0 Å². The first kappa shape index (κ1) is 20.8. The third-order valence-corrected chi connectivity index (χ3v) is 5.77. The zero-order chi connectivity index (χ0) is 21.6. The number of thioether (sulfide) groups is 1. The van der Waals surface area contributed by atoms with Crippen LogP contribution in [0.3, 0.4) is 0 Å². The molecule has 1 N–H and O–H groups in total. The van der Waals surface area contributed by atoms with Crippen LogP contribution >= 0.6 is 11.8 Å². The Kier molecular flexibility index (Phi) is 6.43. The fraction of sp³-hybridized carbons (Fsp3) is 0.167. The number of aryl methyl sites for hydroxylation is 2. The van der Waals surface area contributed by atoms with Crippen molar-refractivity contribution in [2.45, 2.75) is 25.4 Å². The molecule has 0 aliphatic carbocycles. The van der Waals surface area contributed by atoms with Crippen LogP contribution in [0, 0.1) is 6.92 Å². The minimum Gasteiger partial charge on any atom is -0.325 e. The van der Waals surface area contributed by atoms with Gasteiger partial charge in [0.1, 0.15) is 0 Å². The molecule has 2 heterocycles. The van der Waals surface area contributed by atoms with E-state index in [0.29, 0.717) is 11.0 Å². The second-order valence-electron chi connectivity index (χ2n) is 7.10. The van der Waals surface area contributed by atoms with Gasteiger partial charge in [-0.3, -0.25) is 14.3 Å². The molecule has 0 aliphatic heterocycles. The van der Waals surface area contributed by atoms with E-state index in [9.17, 15) is 4.79 Å². The topological polar surface area (TPSA) is 72.7 Å². The van der Waals surface area contributed by atoms with Crippen LogP contribution in [0.15, 0.2) is 78.2 Å². The van der Waals surface area contributed by atoms with Gasteiger partial charge in [-0.25, -0.2) is 0 Å². The van der Waals surface area contributed by atoms with Crippen molar-refractivity contribution < 1.29 is 4.79 Å². The minimum absolute atomic E-state index is 0.0878. The van der Waals surface area contributed by atoms with Gasteiger partial charge in [-0.2, -0.15) is 0 Å². The quantitative estimate of drug-likeness (QED) is 0.422. The van der Waals surface area contributed by atoms with Crippen LogP contribution < -0.4 is 5.32 Å². The Morgan fingerprint density at radius 2 is 1.68 bits per heavy atom. The number of benzene rings is 2. The normalized spacial score (nSPS) is 10.8. The van der Waals surface area contributed by atoms with Crippen molar-refractivity contribution >= 4 is 23.4 Å². The van der Waals surface area contributed by atoms with Crippen molar-refractivity contribution in [1.29, 1.82) is 0 Å². The molecule has 4 aromatic rings. The summed E-state index contributed by atoms with van der Waals surface area (Å²) >= 11 is 1.36. The monoisotopic (exact) mass is 429 g/mol. The number of nitrogens with one attached hydrogen (secondary N) is 1. The summed E-state index contributed by atoms with van der Waals surface area (Å²) < 4.78 is 1.98. The average Bonchev–Trinajstić information content (AvgIpc) is 3.24. The van der Waals surface area contributed by atoms with Crippen molar-refractivity contribution in [3.05, 3.63) is 84.2 Å². The van der Waals surface area contributed by atoms with Crippen molar-refractivity contribution in [2.75, 3.05) is 11.1 Å². The number of carbonyl (C=O) groups excluding carboxylic acids is 1. The number of amides is 1. The average molecular weight is 430 g/mol. The summed E-state index contributed by atoms with van der Waals surface area (Å²) in [6, 6.07) is 19.9. The van der Waals surface area contributed by atoms with Crippen LogP contribution in [-0.4, -0.2) is 31.4 Å². The lowest BCUT2D eigenvalue weighted by Gasteiger charge is -2.11. The number of rotatable bonds is 7. The van der Waals surface area contributed by atoms with Crippen LogP contribution in [0.2, 0.25) is 0 Å². The molecular formula is C24H23N5OS. The first-order valence-corrected chi connectivity index (χ1v) is 11.1. The molecule has 0 saturated carbocycles. The summed E-state index contributed by atoms with van der Waals surface area (Å²) in [5.74, 6) is 0.860. The predicted molar refractivity (Wildman–Crippen MR) is 125 cm³/mol. The number of anilines is 1. The molecule has 7 heteroatoms. The Morgan fingerprint density at radius 3 is 2.35 bits per heavy atom. The van der Waals surface area contributed by atoms with Crippen LogP contribution in [0.4, 0.5) is 5.69 Å². The molecule has 0 radical (unpaired) electrons. The molecule has 2 aromatic carbocycles. The van der Waals surface area contributed by atoms with E-state index in [0.717, 1.165) is 28.9 Å². The second-order valence-corrected chi connectivity index (χ2v) is 8.04. The van der Waals surface area contributed by atoms with E-state index in [2.05, 4.69) is 51.7 Å². The third-order valence-electron chi connectivity index (χ3n) is 4.84. The highest BCUT2D eigenvalue weighted by Gasteiger charge is 2.17. The molecule has 31 heavy (non-hydrogen) atoms. The van der Waals surface area contributed by atoms with Crippen molar-refractivity contribution in [3.63, 3.8) is 0 Å². The first-order chi connectivity index (χ1) is 15.1. The van der Waals surface area contributed by atoms with Crippen LogP contribution in [0.1, 0.15) is 18.1 Å². The number of nitrogens with zero attached hydrogens (tertiary/aromatic N) is 4. The highest BCUT2D eigenvalue weighted by Crippen LogP contribution is 2.28. The van der Waals surface area contributed by atoms with Crippen molar-refractivity contribution in [1.82, 2.24) is 19.7 Å². The largest absolute Gasteiger partial charge is 0.325 e. The maximum absolute atomic E-state index is 12.5. The number of hydrogen-bond acceptors (Lipinski definition) is 5. The fourth-order valence-electron chi connectivity index (χ4n) is 3.13. The lowest BCUT2D eigenvalue weighted by molar-refractivity contribution is -0.113. The number of aromatic nitrogens is 4. The predicted octanol–water partition coefficient (Wildman–Crippen LogP) is 4.93. The fourth-order valence-corrected chi connectivity index (χ4v) is 3.88. The molecule has 0 unspecified atom stereocenters. The summed E-state index contributed by atoms with van der Waals surface area (Å²) in [5.41, 5.74) is 5.06. The van der Waals surface area contributed by atoms with E-state index in [1.54, 1.807) is 12.4 Å². The summed E-state index contributed by atoms with van der Waals surface area (Å²) in [4.78, 5) is 16.6. The SMILES string of the molecule is CCc1ccc(-n2c(SCC(=O)Nc3ccc(C)cc3)nnc2-c2ccncc2)cc1. The number of carbonyl (C=O) groups is 1. The molecule has 4 rings (SSSR count). The van der Waals surface area contributed by atoms with Crippen molar-refractivity contribution in [3.8, 4) is 17.1 Å². The van der Waals surface area contributed by atoms with Gasteiger partial charge in [-0.1, -0.05) is 48.5 Å². The zero-order valence-corrected chi connectivity index (χ0v) is 18.3. The van der Waals surface area contributed by atoms with Crippen LogP contribution in [-0.2, 0) is 11.2 Å². The van der Waals surface area contributed by atoms with Gasteiger partial charge in [0.15, 0.2) is 11.0 Å². The molecule has 1 amide bonds. The summed E-state index contributed by atoms with van der Waals surface area (Å²) in [6.45, 7) is 4.14. The standard InChI is InChI=1S/C24H23N5OS/c1-3-18-6-10-21(11-7-18)29-23(19-12-14-25-15-13-19)27-28-24(29)31-16-22(30)26-20-8-4-17(2)5-9-20/h4-15H,3,16H2,1-2H3,(H,26,30). The summed E-state index contributed by atoms with van der Waals surface area (Å²) in [7, 11) is 0. The Morgan fingerprint density at radius 1 is 0.968 bits per heavy atom. The number of hydrogen-bond donors (Lipinski definition) is 1. The molecule has 0 saturated heterocycles. The van der Waals surface area contributed by atoms with Gasteiger partial charge >= 0.3 is 0 Å². The highest BCUT2D eigenvalue weighted by atomic mass is 32.2. The maximum atomic E-state index is 12.5. The minimum atomic E-state index is -0.0878. The molecule has 0 atom stereocenters. The van der Waals surface area contributed by atoms with E-state index >= 15 is 0 Å². The number of pyridine rings is 1. The van der Waals surface area contributed by atoms with E-state index in [1.165, 1.54) is 17.3 Å². The molecular weight excluding hydrogens is 406 g/mol. The van der Waals surface area contributed by atoms with Gasteiger partial charge in [-0.05, 0) is 55.3 Å². The van der Waals surface area contributed by atoms with Crippen LogP contribution in [0.25, 0.3) is 17.1 Å². The molecule has 0 spiro atoms. The Balaban J connectivity index is 1.58. The smallest absolute Gasteiger partial charge is 0.234 e. The van der Waals surface area contributed by atoms with Crippen molar-refractivity contribution in [2.24, 2.45) is 0 Å². The van der Waals surface area contributed by atoms with Gasteiger partial charge in [0.05, 0.1) is 5.75 Å². The van der Waals surface area contributed by atoms with E-state index in [-0.39, 0.29) is 11.7 Å². The maximum Gasteiger partial charge on any atom is 0.234 e. The Bertz CT molecular complexity index is 1160. The van der Waals surface area contributed by atoms with Gasteiger partial charge < -0.3 is 5.32 Å². The van der Waals surface area contributed by atoms with E-state index in [4.69, 9.17) is 0 Å². The van der Waals surface area contributed by atoms with E-state index in [1.807, 2.05) is 47.9 Å². The summed E-state index contributed by atoms with van der Waals surface area (Å²) in [6.07, 6.45) is 4.44. The Hall–Kier alpha value is -3.45. The van der Waals surface area contributed by atoms with Gasteiger partial charge in [0, 0.05) is 29.3 Å². The second kappa shape index (κ2) is 9.57.